The van der Waals surface area contributed by atoms with Gasteiger partial charge in [-0.25, -0.2) is 0 Å². The number of allylic oxidation sites excluding steroid dienone is 1. The second-order valence-electron chi connectivity index (χ2n) is 3.74. The average Bonchev–Trinajstić information content (AvgIpc) is 2.03. The minimum atomic E-state index is 0.878. The van der Waals surface area contributed by atoms with Crippen LogP contribution < -0.4 is 0 Å². The maximum Gasteiger partial charge on any atom is -0.0206 e. The first-order valence-corrected chi connectivity index (χ1v) is 5.02. The molecule has 11 heavy (non-hydrogen) atoms. The normalized spacial score (nSPS) is 25.5. The second-order valence-corrected chi connectivity index (χ2v) is 3.74. The summed E-state index contributed by atoms with van der Waals surface area (Å²) in [5, 5.41) is 0. The van der Waals surface area contributed by atoms with E-state index < -0.39 is 0 Å². The minimum absolute atomic E-state index is 0.878. The molecule has 1 atom stereocenters. The summed E-state index contributed by atoms with van der Waals surface area (Å²) >= 11 is 0. The summed E-state index contributed by atoms with van der Waals surface area (Å²) in [6.45, 7) is 6.42. The molecule has 0 aromatic carbocycles. The van der Waals surface area contributed by atoms with E-state index in [0.29, 0.717) is 0 Å². The van der Waals surface area contributed by atoms with Crippen LogP contribution in [0.5, 0.6) is 0 Å². The lowest BCUT2D eigenvalue weighted by atomic mass is 9.82. The van der Waals surface area contributed by atoms with Gasteiger partial charge in [-0.3, -0.25) is 0 Å². The van der Waals surface area contributed by atoms with Crippen LogP contribution >= 0.6 is 0 Å². The summed E-state index contributed by atoms with van der Waals surface area (Å²) < 4.78 is 0. The molecule has 0 N–H and O–H groups in total. The number of unbranched alkanes of at least 4 members (excludes halogenated alkanes) is 1. The monoisotopic (exact) mass is 152 g/mol. The predicted molar refractivity (Wildman–Crippen MR) is 50.6 cm³/mol. The summed E-state index contributed by atoms with van der Waals surface area (Å²) in [4.78, 5) is 0. The quantitative estimate of drug-likeness (QED) is 0.538. The molecule has 1 saturated carbocycles. The molecule has 1 aliphatic rings. The molecule has 0 nitrogen and oxygen atoms in total. The molecule has 1 unspecified atom stereocenters. The number of hydrogen-bond acceptors (Lipinski definition) is 0. The van der Waals surface area contributed by atoms with Crippen molar-refractivity contribution < 1.29 is 0 Å². The van der Waals surface area contributed by atoms with E-state index in [-0.39, 0.29) is 0 Å². The second kappa shape index (κ2) is 4.58. The van der Waals surface area contributed by atoms with Gasteiger partial charge in [-0.2, -0.15) is 0 Å². The Labute approximate surface area is 70.7 Å². The Balaban J connectivity index is 2.24. The van der Waals surface area contributed by atoms with Gasteiger partial charge in [-0.15, -0.1) is 0 Å². The molecule has 1 fully saturated rings. The molecule has 0 saturated heterocycles. The lowest BCUT2D eigenvalue weighted by Gasteiger charge is -2.24. The van der Waals surface area contributed by atoms with E-state index in [0.717, 1.165) is 5.92 Å². The van der Waals surface area contributed by atoms with Crippen molar-refractivity contribution in [3.63, 3.8) is 0 Å². The van der Waals surface area contributed by atoms with Gasteiger partial charge in [0, 0.05) is 0 Å². The van der Waals surface area contributed by atoms with Crippen molar-refractivity contribution in [1.82, 2.24) is 0 Å². The molecule has 0 spiro atoms. The minimum Gasteiger partial charge on any atom is -0.0996 e. The molecule has 0 heterocycles. The largest absolute Gasteiger partial charge is 0.0996 e. The summed E-state index contributed by atoms with van der Waals surface area (Å²) in [5.41, 5.74) is 1.53. The molecule has 64 valence electrons. The van der Waals surface area contributed by atoms with Crippen LogP contribution in [0.3, 0.4) is 0 Å². The van der Waals surface area contributed by atoms with Crippen molar-refractivity contribution in [3.05, 3.63) is 12.2 Å². The molecule has 1 aliphatic carbocycles. The van der Waals surface area contributed by atoms with E-state index in [4.69, 9.17) is 0 Å². The zero-order valence-electron chi connectivity index (χ0n) is 7.73. The zero-order valence-corrected chi connectivity index (χ0v) is 7.73. The van der Waals surface area contributed by atoms with Gasteiger partial charge >= 0.3 is 0 Å². The fourth-order valence-corrected chi connectivity index (χ4v) is 1.95. The summed E-state index contributed by atoms with van der Waals surface area (Å²) in [6, 6.07) is 0. The summed E-state index contributed by atoms with van der Waals surface area (Å²) in [6.07, 6.45) is 9.67. The van der Waals surface area contributed by atoms with Gasteiger partial charge < -0.3 is 0 Å². The van der Waals surface area contributed by atoms with Gasteiger partial charge in [0.25, 0.3) is 0 Å². The third kappa shape index (κ3) is 2.69. The Morgan fingerprint density at radius 2 is 2.27 bits per heavy atom. The van der Waals surface area contributed by atoms with E-state index in [9.17, 15) is 0 Å². The van der Waals surface area contributed by atoms with Crippen molar-refractivity contribution in [2.45, 2.75) is 51.9 Å². The number of rotatable bonds is 3. The highest BCUT2D eigenvalue weighted by Crippen LogP contribution is 2.31. The van der Waals surface area contributed by atoms with Crippen LogP contribution in [0.15, 0.2) is 12.2 Å². The molecule has 0 bridgehead atoms. The lowest BCUT2D eigenvalue weighted by Crippen LogP contribution is -2.08. The molecule has 0 radical (unpaired) electrons. The Morgan fingerprint density at radius 3 is 2.91 bits per heavy atom. The fraction of sp³-hybridized carbons (Fsp3) is 0.818. The van der Waals surface area contributed by atoms with Crippen LogP contribution in [0.1, 0.15) is 51.9 Å². The van der Waals surface area contributed by atoms with Gasteiger partial charge in [-0.1, -0.05) is 38.3 Å². The SMILES string of the molecule is C=C1CCCCC1CCCC. The van der Waals surface area contributed by atoms with E-state index in [1.165, 1.54) is 50.5 Å². The molecular formula is C11H20. The van der Waals surface area contributed by atoms with Crippen LogP contribution in [0.2, 0.25) is 0 Å². The van der Waals surface area contributed by atoms with Crippen molar-refractivity contribution in [2.75, 3.05) is 0 Å². The lowest BCUT2D eigenvalue weighted by molar-refractivity contribution is 0.418. The molecule has 0 aromatic rings. The average molecular weight is 152 g/mol. The molecular weight excluding hydrogens is 132 g/mol. The standard InChI is InChI=1S/C11H20/c1-3-4-8-11-9-6-5-7-10(11)2/h11H,2-9H2,1H3. The number of hydrogen-bond donors (Lipinski definition) is 0. The smallest absolute Gasteiger partial charge is 0.0206 e. The molecule has 1 rings (SSSR count). The Morgan fingerprint density at radius 1 is 1.45 bits per heavy atom. The molecule has 0 aliphatic heterocycles. The van der Waals surface area contributed by atoms with Gasteiger partial charge in [0.2, 0.25) is 0 Å². The van der Waals surface area contributed by atoms with E-state index in [1.54, 1.807) is 0 Å². The Bertz CT molecular complexity index is 124. The van der Waals surface area contributed by atoms with Crippen molar-refractivity contribution >= 4 is 0 Å². The highest BCUT2D eigenvalue weighted by Gasteiger charge is 2.15. The predicted octanol–water partition coefficient (Wildman–Crippen LogP) is 3.92. The van der Waals surface area contributed by atoms with E-state index in [2.05, 4.69) is 13.5 Å². The third-order valence-electron chi connectivity index (χ3n) is 2.78. The maximum atomic E-state index is 4.15. The fourth-order valence-electron chi connectivity index (χ4n) is 1.95. The summed E-state index contributed by atoms with van der Waals surface area (Å²) in [5.74, 6) is 0.878. The van der Waals surface area contributed by atoms with Gasteiger partial charge in [-0.05, 0) is 31.6 Å². The van der Waals surface area contributed by atoms with Gasteiger partial charge in [0.15, 0.2) is 0 Å². The highest BCUT2D eigenvalue weighted by atomic mass is 14.2. The van der Waals surface area contributed by atoms with Crippen LogP contribution in [-0.2, 0) is 0 Å². The molecule has 0 amide bonds. The highest BCUT2D eigenvalue weighted by molar-refractivity contribution is 5.02. The first-order valence-electron chi connectivity index (χ1n) is 5.02. The zero-order chi connectivity index (χ0) is 8.10. The molecule has 0 aromatic heterocycles. The van der Waals surface area contributed by atoms with Crippen LogP contribution in [-0.4, -0.2) is 0 Å². The topological polar surface area (TPSA) is 0 Å². The van der Waals surface area contributed by atoms with Crippen LogP contribution in [0, 0.1) is 5.92 Å². The molecule has 0 heteroatoms. The first kappa shape index (κ1) is 8.83. The Kier molecular flexibility index (Phi) is 3.68. The van der Waals surface area contributed by atoms with Crippen LogP contribution in [0.4, 0.5) is 0 Å². The van der Waals surface area contributed by atoms with Gasteiger partial charge in [0.05, 0.1) is 0 Å². The van der Waals surface area contributed by atoms with Crippen molar-refractivity contribution in [1.29, 1.82) is 0 Å². The van der Waals surface area contributed by atoms with E-state index >= 15 is 0 Å². The van der Waals surface area contributed by atoms with Crippen LogP contribution in [0.25, 0.3) is 0 Å². The summed E-state index contributed by atoms with van der Waals surface area (Å²) in [7, 11) is 0. The van der Waals surface area contributed by atoms with Crippen molar-refractivity contribution in [2.24, 2.45) is 5.92 Å². The Hall–Kier alpha value is -0.260. The maximum absolute atomic E-state index is 4.15. The third-order valence-corrected chi connectivity index (χ3v) is 2.78. The van der Waals surface area contributed by atoms with Crippen molar-refractivity contribution in [3.8, 4) is 0 Å². The van der Waals surface area contributed by atoms with Gasteiger partial charge in [0.1, 0.15) is 0 Å². The van der Waals surface area contributed by atoms with E-state index in [1.807, 2.05) is 0 Å². The first-order chi connectivity index (χ1) is 5.34.